The maximum absolute atomic E-state index is 14.1. The molecule has 2 fully saturated rings. The Labute approximate surface area is 237 Å². The maximum Gasteiger partial charge on any atom is 0.230 e. The van der Waals surface area contributed by atoms with Gasteiger partial charge in [0, 0.05) is 50.7 Å². The second kappa shape index (κ2) is 10.2. The minimum absolute atomic E-state index is 0.0413. The van der Waals surface area contributed by atoms with Gasteiger partial charge in [0.2, 0.25) is 5.91 Å². The van der Waals surface area contributed by atoms with E-state index in [0.29, 0.717) is 17.8 Å². The molecular formula is C29H35N5O7. The van der Waals surface area contributed by atoms with E-state index in [1.165, 1.54) is 0 Å². The number of nitrogens with one attached hydrogen (secondary N) is 1. The third-order valence-electron chi connectivity index (χ3n) is 8.95. The van der Waals surface area contributed by atoms with Gasteiger partial charge >= 0.3 is 0 Å². The molecule has 0 spiro atoms. The molecule has 2 saturated carbocycles. The Bertz CT molecular complexity index is 1430. The van der Waals surface area contributed by atoms with Crippen LogP contribution in [0.4, 0.5) is 11.4 Å². The lowest BCUT2D eigenvalue weighted by atomic mass is 9.52. The second-order valence-electron chi connectivity index (χ2n) is 11.7. The SMILES string of the molecule is CN(C)c1cc(NCc2cccnc2)c(O)c2c1C[C@@H]1C[C@@H]3[C@@H](N(C)C)C(O)C(C(N)=O)C(=O)[C@]3(O)C(=O)C1C2=O. The molecule has 0 radical (unpaired) electrons. The van der Waals surface area contributed by atoms with Crippen molar-refractivity contribution in [3.8, 4) is 5.75 Å². The topological polar surface area (TPSA) is 186 Å². The predicted molar refractivity (Wildman–Crippen MR) is 148 cm³/mol. The number of nitrogens with zero attached hydrogens (tertiary/aromatic N) is 3. The van der Waals surface area contributed by atoms with Crippen LogP contribution in [0.3, 0.4) is 0 Å². The number of aliphatic hydroxyl groups is 2. The fourth-order valence-corrected chi connectivity index (χ4v) is 7.10. The summed E-state index contributed by atoms with van der Waals surface area (Å²) < 4.78 is 0. The first-order valence-corrected chi connectivity index (χ1v) is 13.5. The number of anilines is 2. The molecule has 1 heterocycles. The van der Waals surface area contributed by atoms with E-state index in [2.05, 4.69) is 10.3 Å². The Balaban J connectivity index is 1.60. The van der Waals surface area contributed by atoms with Gasteiger partial charge in [0.25, 0.3) is 0 Å². The van der Waals surface area contributed by atoms with Crippen LogP contribution >= 0.6 is 0 Å². The Kier molecular flexibility index (Phi) is 7.13. The van der Waals surface area contributed by atoms with Crippen molar-refractivity contribution in [3.05, 3.63) is 47.3 Å². The molecule has 7 atom stereocenters. The summed E-state index contributed by atoms with van der Waals surface area (Å²) in [5, 5.41) is 37.2. The summed E-state index contributed by atoms with van der Waals surface area (Å²) in [6.07, 6.45) is 2.05. The summed E-state index contributed by atoms with van der Waals surface area (Å²) in [6.45, 7) is 0.310. The number of ketones is 3. The van der Waals surface area contributed by atoms with Gasteiger partial charge in [0.15, 0.2) is 23.0 Å². The summed E-state index contributed by atoms with van der Waals surface area (Å²) in [6, 6.07) is 4.43. The molecule has 0 bridgehead atoms. The normalized spacial score (nSPS) is 30.9. The molecule has 1 aromatic carbocycles. The van der Waals surface area contributed by atoms with Gasteiger partial charge in [-0.15, -0.1) is 0 Å². The minimum atomic E-state index is -2.70. The number of rotatable bonds is 6. The van der Waals surface area contributed by atoms with Crippen molar-refractivity contribution in [1.29, 1.82) is 0 Å². The number of hydrogen-bond acceptors (Lipinski definition) is 11. The van der Waals surface area contributed by atoms with Crippen LogP contribution in [-0.2, 0) is 27.3 Å². The van der Waals surface area contributed by atoms with E-state index >= 15 is 0 Å². The van der Waals surface area contributed by atoms with Crippen molar-refractivity contribution in [2.45, 2.75) is 37.1 Å². The molecule has 12 nitrogen and oxygen atoms in total. The number of nitrogens with two attached hydrogens (primary N) is 1. The number of pyridine rings is 1. The molecule has 3 aliphatic carbocycles. The van der Waals surface area contributed by atoms with Crippen molar-refractivity contribution in [1.82, 2.24) is 9.88 Å². The smallest absolute Gasteiger partial charge is 0.230 e. The second-order valence-corrected chi connectivity index (χ2v) is 11.7. The monoisotopic (exact) mass is 565 g/mol. The number of phenols is 1. The minimum Gasteiger partial charge on any atom is -0.505 e. The van der Waals surface area contributed by atoms with E-state index in [1.807, 2.05) is 11.0 Å². The third kappa shape index (κ3) is 4.28. The molecule has 5 rings (SSSR count). The molecule has 1 amide bonds. The number of carbonyl (C=O) groups excluding carboxylic acids is 4. The summed E-state index contributed by atoms with van der Waals surface area (Å²) in [5.74, 6) is -9.31. The zero-order valence-corrected chi connectivity index (χ0v) is 23.4. The van der Waals surface area contributed by atoms with Gasteiger partial charge in [0.05, 0.1) is 23.3 Å². The van der Waals surface area contributed by atoms with Crippen molar-refractivity contribution >= 4 is 34.6 Å². The van der Waals surface area contributed by atoms with Crippen molar-refractivity contribution < 1.29 is 34.5 Å². The molecule has 3 unspecified atom stereocenters. The highest BCUT2D eigenvalue weighted by Crippen LogP contribution is 2.53. The zero-order chi connectivity index (χ0) is 30.0. The molecule has 1 aromatic heterocycles. The maximum atomic E-state index is 14.1. The first-order chi connectivity index (χ1) is 19.3. The molecule has 6 N–H and O–H groups in total. The highest BCUT2D eigenvalue weighted by Gasteiger charge is 2.69. The average Bonchev–Trinajstić information content (AvgIpc) is 2.90. The fourth-order valence-electron chi connectivity index (χ4n) is 7.10. The van der Waals surface area contributed by atoms with Gasteiger partial charge in [0.1, 0.15) is 11.7 Å². The number of aromatic hydroxyl groups is 1. The molecule has 2 aromatic rings. The molecule has 41 heavy (non-hydrogen) atoms. The van der Waals surface area contributed by atoms with Crippen molar-refractivity contribution in [2.75, 3.05) is 38.4 Å². The number of fused-ring (bicyclic) bond motifs is 3. The Morgan fingerprint density at radius 3 is 2.49 bits per heavy atom. The average molecular weight is 566 g/mol. The number of aromatic nitrogens is 1. The lowest BCUT2D eigenvalue weighted by Crippen LogP contribution is -2.75. The van der Waals surface area contributed by atoms with Gasteiger partial charge in [-0.1, -0.05) is 6.07 Å². The number of hydrogen-bond donors (Lipinski definition) is 5. The van der Waals surface area contributed by atoms with Crippen LogP contribution in [-0.4, -0.2) is 94.4 Å². The first kappa shape index (κ1) is 28.7. The number of aliphatic hydroxyl groups excluding tert-OH is 1. The molecule has 0 aliphatic heterocycles. The van der Waals surface area contributed by atoms with Crippen LogP contribution in [0.5, 0.6) is 5.75 Å². The van der Waals surface area contributed by atoms with E-state index in [-0.39, 0.29) is 29.8 Å². The van der Waals surface area contributed by atoms with E-state index in [9.17, 15) is 34.5 Å². The van der Waals surface area contributed by atoms with Crippen molar-refractivity contribution in [2.24, 2.45) is 29.4 Å². The lowest BCUT2D eigenvalue weighted by Gasteiger charge is -2.55. The van der Waals surface area contributed by atoms with Gasteiger partial charge in [-0.2, -0.15) is 0 Å². The molecule has 3 aliphatic rings. The third-order valence-corrected chi connectivity index (χ3v) is 8.95. The Morgan fingerprint density at radius 2 is 1.90 bits per heavy atom. The van der Waals surface area contributed by atoms with Gasteiger partial charge in [-0.25, -0.2) is 0 Å². The van der Waals surface area contributed by atoms with Gasteiger partial charge in [-0.3, -0.25) is 24.2 Å². The fraction of sp³-hybridized carbons (Fsp3) is 0.483. The number of likely N-dealkylation sites (N-methyl/N-ethyl adjacent to an activating group) is 1. The van der Waals surface area contributed by atoms with Crippen LogP contribution in [0.15, 0.2) is 30.6 Å². The Morgan fingerprint density at radius 1 is 1.20 bits per heavy atom. The number of benzene rings is 1. The molecule has 0 saturated heterocycles. The summed E-state index contributed by atoms with van der Waals surface area (Å²) in [5.41, 5.74) is 5.05. The largest absolute Gasteiger partial charge is 0.505 e. The zero-order valence-electron chi connectivity index (χ0n) is 23.4. The molecular weight excluding hydrogens is 530 g/mol. The van der Waals surface area contributed by atoms with E-state index in [4.69, 9.17) is 5.73 Å². The number of carbonyl (C=O) groups is 4. The van der Waals surface area contributed by atoms with Gasteiger partial charge in [-0.05, 0) is 56.1 Å². The Hall–Kier alpha value is -3.87. The number of primary amides is 1. The van der Waals surface area contributed by atoms with E-state index in [1.54, 1.807) is 57.6 Å². The first-order valence-electron chi connectivity index (χ1n) is 13.5. The highest BCUT2D eigenvalue weighted by atomic mass is 16.3. The molecule has 218 valence electrons. The summed E-state index contributed by atoms with van der Waals surface area (Å²) in [7, 11) is 6.84. The number of Topliss-reactive ketones (excluding diaryl/α,β-unsaturated/α-hetero) is 3. The van der Waals surface area contributed by atoms with Gasteiger partial charge < -0.3 is 36.2 Å². The van der Waals surface area contributed by atoms with Crippen LogP contribution in [0, 0.1) is 23.7 Å². The predicted octanol–water partition coefficient (Wildman–Crippen LogP) is -0.268. The quantitative estimate of drug-likeness (QED) is 0.229. The molecule has 12 heteroatoms. The number of phenolic OH excluding ortho intramolecular Hbond substituents is 1. The van der Waals surface area contributed by atoms with E-state index in [0.717, 1.165) is 5.56 Å². The van der Waals surface area contributed by atoms with Crippen LogP contribution < -0.4 is 16.0 Å². The lowest BCUT2D eigenvalue weighted by molar-refractivity contribution is -0.190. The standard InChI is InChI=1S/C29H35N5O7/c1-33(2)18-10-17(32-12-13-6-5-7-31-11-13)23(35)20-15(18)8-14-9-16-22(34(3)4)25(37)21(28(30)40)27(39)29(16,41)26(38)19(14)24(20)36/h5-7,10-11,14,16,19,21-22,25,32,35,37,41H,8-9,12H2,1-4H3,(H2,30,40)/t14-,16-,19?,21?,22-,25?,29-/m1/s1. The summed E-state index contributed by atoms with van der Waals surface area (Å²) >= 11 is 0. The highest BCUT2D eigenvalue weighted by molar-refractivity contribution is 6.26. The van der Waals surface area contributed by atoms with Crippen LogP contribution in [0.1, 0.15) is 27.9 Å². The van der Waals surface area contributed by atoms with E-state index < -0.39 is 64.7 Å². The van der Waals surface area contributed by atoms with Crippen LogP contribution in [0.2, 0.25) is 0 Å². The summed E-state index contributed by atoms with van der Waals surface area (Å²) in [4.78, 5) is 61.3. The van der Waals surface area contributed by atoms with Crippen LogP contribution in [0.25, 0.3) is 0 Å². The van der Waals surface area contributed by atoms with Crippen molar-refractivity contribution in [3.63, 3.8) is 0 Å². The number of amides is 1.